The van der Waals surface area contributed by atoms with Crippen LogP contribution in [0.3, 0.4) is 0 Å². The second-order valence-electron chi connectivity index (χ2n) is 5.94. The Morgan fingerprint density at radius 3 is 2.95 bits per heavy atom. The van der Waals surface area contributed by atoms with Gasteiger partial charge in [0.05, 0.1) is 6.61 Å². The molecule has 0 aromatic heterocycles. The summed E-state index contributed by atoms with van der Waals surface area (Å²) in [6, 6.07) is 6.77. The molecule has 1 saturated heterocycles. The van der Waals surface area contributed by atoms with Crippen molar-refractivity contribution in [1.82, 2.24) is 10.2 Å². The van der Waals surface area contributed by atoms with Crippen LogP contribution in [0.25, 0.3) is 0 Å². The lowest BCUT2D eigenvalue weighted by molar-refractivity contribution is 0.237. The topological polar surface area (TPSA) is 24.5 Å². The number of rotatable bonds is 5. The molecular formula is C17H26N2O. The number of fused-ring (bicyclic) bond motifs is 1. The van der Waals surface area contributed by atoms with E-state index >= 15 is 0 Å². The van der Waals surface area contributed by atoms with Crippen molar-refractivity contribution >= 4 is 0 Å². The molecule has 0 radical (unpaired) electrons. The highest BCUT2D eigenvalue weighted by atomic mass is 16.5. The molecule has 3 heteroatoms. The van der Waals surface area contributed by atoms with Gasteiger partial charge in [0, 0.05) is 26.2 Å². The van der Waals surface area contributed by atoms with Crippen molar-refractivity contribution in [2.24, 2.45) is 0 Å². The van der Waals surface area contributed by atoms with E-state index in [0.717, 1.165) is 25.4 Å². The lowest BCUT2D eigenvalue weighted by Crippen LogP contribution is -2.43. The van der Waals surface area contributed by atoms with Gasteiger partial charge < -0.3 is 15.0 Å². The van der Waals surface area contributed by atoms with Crippen LogP contribution >= 0.6 is 0 Å². The largest absolute Gasteiger partial charge is 0.493 e. The maximum atomic E-state index is 5.67. The Labute approximate surface area is 122 Å². The zero-order chi connectivity index (χ0) is 13.6. The van der Waals surface area contributed by atoms with Gasteiger partial charge >= 0.3 is 0 Å². The third-order valence-electron chi connectivity index (χ3n) is 4.37. The van der Waals surface area contributed by atoms with E-state index in [0.29, 0.717) is 0 Å². The zero-order valence-electron chi connectivity index (χ0n) is 12.4. The van der Waals surface area contributed by atoms with Crippen molar-refractivity contribution in [1.29, 1.82) is 0 Å². The first-order valence-corrected chi connectivity index (χ1v) is 8.09. The van der Waals surface area contributed by atoms with Crippen LogP contribution in [0, 0.1) is 0 Å². The minimum absolute atomic E-state index is 0.886. The third kappa shape index (κ3) is 3.74. The van der Waals surface area contributed by atoms with E-state index in [9.17, 15) is 0 Å². The summed E-state index contributed by atoms with van der Waals surface area (Å²) in [6.45, 7) is 6.90. The van der Waals surface area contributed by atoms with Crippen molar-refractivity contribution < 1.29 is 4.74 Å². The molecule has 1 N–H and O–H groups in total. The van der Waals surface area contributed by atoms with E-state index in [1.165, 1.54) is 62.9 Å². The summed E-state index contributed by atoms with van der Waals surface area (Å²) < 4.78 is 5.67. The quantitative estimate of drug-likeness (QED) is 0.833. The molecule has 0 atom stereocenters. The Morgan fingerprint density at radius 2 is 2.05 bits per heavy atom. The molecule has 1 fully saturated rings. The molecule has 1 aromatic carbocycles. The van der Waals surface area contributed by atoms with Crippen LogP contribution < -0.4 is 10.1 Å². The van der Waals surface area contributed by atoms with Crippen molar-refractivity contribution in [2.75, 3.05) is 39.3 Å². The van der Waals surface area contributed by atoms with Crippen molar-refractivity contribution in [3.05, 3.63) is 29.3 Å². The Balaban J connectivity index is 1.41. The average molecular weight is 274 g/mol. The minimum atomic E-state index is 0.886. The minimum Gasteiger partial charge on any atom is -0.493 e. The van der Waals surface area contributed by atoms with Gasteiger partial charge in [0.25, 0.3) is 0 Å². The van der Waals surface area contributed by atoms with Gasteiger partial charge in [-0.3, -0.25) is 0 Å². The monoisotopic (exact) mass is 274 g/mol. The molecule has 3 rings (SSSR count). The van der Waals surface area contributed by atoms with E-state index in [1.54, 1.807) is 0 Å². The smallest absolute Gasteiger partial charge is 0.122 e. The predicted octanol–water partition coefficient (Wildman–Crippen LogP) is 2.24. The number of piperazine rings is 1. The number of unbranched alkanes of at least 4 members (excludes halogenated alkanes) is 1. The summed E-state index contributed by atoms with van der Waals surface area (Å²) in [4.78, 5) is 2.58. The van der Waals surface area contributed by atoms with Gasteiger partial charge in [0.2, 0.25) is 0 Å². The molecule has 2 aliphatic heterocycles. The first kappa shape index (κ1) is 13.9. The number of hydrogen-bond donors (Lipinski definition) is 1. The van der Waals surface area contributed by atoms with E-state index in [2.05, 4.69) is 28.4 Å². The molecule has 0 spiro atoms. The number of ether oxygens (including phenoxy) is 1. The molecular weight excluding hydrogens is 248 g/mol. The summed E-state index contributed by atoms with van der Waals surface area (Å²) in [5.41, 5.74) is 2.89. The van der Waals surface area contributed by atoms with E-state index < -0.39 is 0 Å². The number of hydrogen-bond acceptors (Lipinski definition) is 3. The average Bonchev–Trinajstić information content (AvgIpc) is 2.52. The summed E-state index contributed by atoms with van der Waals surface area (Å²) >= 11 is 0. The van der Waals surface area contributed by atoms with Gasteiger partial charge in [-0.15, -0.1) is 0 Å². The normalized spacial score (nSPS) is 19.4. The first-order valence-electron chi connectivity index (χ1n) is 8.09. The van der Waals surface area contributed by atoms with Crippen LogP contribution in [-0.4, -0.2) is 44.2 Å². The molecule has 3 nitrogen and oxygen atoms in total. The fourth-order valence-electron chi connectivity index (χ4n) is 3.17. The molecule has 2 heterocycles. The molecule has 0 amide bonds. The number of aryl methyl sites for hydroxylation is 2. The molecule has 2 aliphatic rings. The Bertz CT molecular complexity index is 427. The van der Waals surface area contributed by atoms with Gasteiger partial charge in [0.1, 0.15) is 5.75 Å². The molecule has 0 bridgehead atoms. The zero-order valence-corrected chi connectivity index (χ0v) is 12.4. The van der Waals surface area contributed by atoms with E-state index in [4.69, 9.17) is 4.74 Å². The Morgan fingerprint density at radius 1 is 1.15 bits per heavy atom. The molecule has 20 heavy (non-hydrogen) atoms. The fourth-order valence-corrected chi connectivity index (χ4v) is 3.17. The van der Waals surface area contributed by atoms with E-state index in [1.807, 2.05) is 0 Å². The maximum absolute atomic E-state index is 5.67. The van der Waals surface area contributed by atoms with Crippen LogP contribution in [-0.2, 0) is 12.8 Å². The summed E-state index contributed by atoms with van der Waals surface area (Å²) in [6.07, 6.45) is 6.17. The number of nitrogens with one attached hydrogen (secondary N) is 1. The van der Waals surface area contributed by atoms with Crippen LogP contribution in [0.1, 0.15) is 30.4 Å². The molecule has 0 aliphatic carbocycles. The van der Waals surface area contributed by atoms with Crippen molar-refractivity contribution in [3.63, 3.8) is 0 Å². The molecule has 110 valence electrons. The molecule has 0 unspecified atom stereocenters. The second-order valence-corrected chi connectivity index (χ2v) is 5.94. The van der Waals surface area contributed by atoms with Crippen LogP contribution in [0.15, 0.2) is 18.2 Å². The Hall–Kier alpha value is -1.06. The Kier molecular flexibility index (Phi) is 4.93. The molecule has 1 aromatic rings. The van der Waals surface area contributed by atoms with Gasteiger partial charge in [0.15, 0.2) is 0 Å². The lowest BCUT2D eigenvalue weighted by Gasteiger charge is -2.27. The van der Waals surface area contributed by atoms with Crippen LogP contribution in [0.2, 0.25) is 0 Å². The van der Waals surface area contributed by atoms with Crippen LogP contribution in [0.5, 0.6) is 5.75 Å². The highest BCUT2D eigenvalue weighted by molar-refractivity contribution is 5.38. The predicted molar refractivity (Wildman–Crippen MR) is 82.5 cm³/mol. The highest BCUT2D eigenvalue weighted by Crippen LogP contribution is 2.26. The SMILES string of the molecule is c1cc2c(cc1CCCCN1CCNCC1)CCCO2. The number of benzene rings is 1. The summed E-state index contributed by atoms with van der Waals surface area (Å²) in [5, 5.41) is 3.41. The third-order valence-corrected chi connectivity index (χ3v) is 4.37. The van der Waals surface area contributed by atoms with Gasteiger partial charge in [-0.25, -0.2) is 0 Å². The summed E-state index contributed by atoms with van der Waals surface area (Å²) in [7, 11) is 0. The van der Waals surface area contributed by atoms with Gasteiger partial charge in [-0.2, -0.15) is 0 Å². The highest BCUT2D eigenvalue weighted by Gasteiger charge is 2.11. The standard InChI is InChI=1S/C17H26N2O/c1(2-10-19-11-8-18-9-12-19)4-15-6-7-17-16(14-15)5-3-13-20-17/h6-7,14,18H,1-5,8-13H2. The first-order chi connectivity index (χ1) is 9.92. The molecule has 0 saturated carbocycles. The second kappa shape index (κ2) is 7.09. The van der Waals surface area contributed by atoms with E-state index in [-0.39, 0.29) is 0 Å². The lowest BCUT2D eigenvalue weighted by atomic mass is 10.0. The van der Waals surface area contributed by atoms with Gasteiger partial charge in [-0.05, 0) is 55.8 Å². The maximum Gasteiger partial charge on any atom is 0.122 e. The van der Waals surface area contributed by atoms with Crippen molar-refractivity contribution in [2.45, 2.75) is 32.1 Å². The van der Waals surface area contributed by atoms with Crippen LogP contribution in [0.4, 0.5) is 0 Å². The number of nitrogens with zero attached hydrogens (tertiary/aromatic N) is 1. The fraction of sp³-hybridized carbons (Fsp3) is 0.647. The van der Waals surface area contributed by atoms with Crippen molar-refractivity contribution in [3.8, 4) is 5.75 Å². The summed E-state index contributed by atoms with van der Waals surface area (Å²) in [5.74, 6) is 1.11. The van der Waals surface area contributed by atoms with Gasteiger partial charge in [-0.1, -0.05) is 12.1 Å².